The van der Waals surface area contributed by atoms with Crippen molar-refractivity contribution < 1.29 is 0 Å². The lowest BCUT2D eigenvalue weighted by atomic mass is 10.2. The highest BCUT2D eigenvalue weighted by Gasteiger charge is 2.15. The molecule has 1 aliphatic rings. The van der Waals surface area contributed by atoms with Gasteiger partial charge in [0.05, 0.1) is 14.4 Å². The average molecular weight is 225 g/mol. The molecular weight excluding hydrogens is 197 g/mol. The molecule has 1 saturated heterocycles. The second-order valence-corrected chi connectivity index (χ2v) is 8.99. The van der Waals surface area contributed by atoms with Crippen LogP contribution in [0.15, 0.2) is 0 Å². The maximum Gasteiger partial charge on any atom is 0.0613 e. The third-order valence-corrected chi connectivity index (χ3v) is 7.92. The first kappa shape index (κ1) is 13.6. The van der Waals surface area contributed by atoms with Crippen LogP contribution in [-0.2, 0) is 0 Å². The van der Waals surface area contributed by atoms with E-state index in [0.29, 0.717) is 0 Å². The summed E-state index contributed by atoms with van der Waals surface area (Å²) in [5.41, 5.74) is 0. The van der Waals surface area contributed by atoms with E-state index in [9.17, 15) is 0 Å². The molecule has 0 spiro atoms. The van der Waals surface area contributed by atoms with E-state index in [1.807, 2.05) is 0 Å². The molecule has 1 fully saturated rings. The zero-order valence-corrected chi connectivity index (χ0v) is 12.3. The summed E-state index contributed by atoms with van der Waals surface area (Å²) in [5, 5.41) is 3.05. The van der Waals surface area contributed by atoms with Crippen LogP contribution in [0.2, 0.25) is 10.6 Å². The van der Waals surface area contributed by atoms with Crippen molar-refractivity contribution >= 4 is 14.4 Å². The molecule has 0 aromatic rings. The zero-order valence-electron chi connectivity index (χ0n) is 11.1. The van der Waals surface area contributed by atoms with Crippen LogP contribution in [0.3, 0.4) is 0 Å². The zero-order chi connectivity index (χ0) is 11.3. The molecule has 0 atom stereocenters. The number of nitrogens with zero attached hydrogens (tertiary/aromatic N) is 1. The third kappa shape index (κ3) is 5.39. The van der Waals surface area contributed by atoms with E-state index in [4.69, 9.17) is 0 Å². The van der Waals surface area contributed by atoms with Gasteiger partial charge in [-0.3, -0.25) is 0 Å². The molecule has 0 bridgehead atoms. The Balaban J connectivity index is 2.45. The Labute approximate surface area is 101 Å². The smallest absolute Gasteiger partial charge is 0.0613 e. The van der Waals surface area contributed by atoms with Crippen LogP contribution in [0.1, 0.15) is 47.0 Å². The molecule has 0 aromatic heterocycles. The molecule has 1 radical (unpaired) electrons. The topological polar surface area (TPSA) is 3.24 Å². The van der Waals surface area contributed by atoms with Crippen LogP contribution in [0.25, 0.3) is 0 Å². The first-order chi connectivity index (χ1) is 7.09. The van der Waals surface area contributed by atoms with Gasteiger partial charge in [-0.1, -0.05) is 46.0 Å². The van der Waals surface area contributed by atoms with Gasteiger partial charge in [-0.05, 0) is 25.9 Å². The molecule has 1 rings (SSSR count). The van der Waals surface area contributed by atoms with Crippen LogP contribution < -0.4 is 0 Å². The second-order valence-electron chi connectivity index (χ2n) is 6.01. The lowest BCUT2D eigenvalue weighted by molar-refractivity contribution is 0.344. The quantitative estimate of drug-likeness (QED) is 0.644. The van der Waals surface area contributed by atoms with Gasteiger partial charge in [-0.25, -0.2) is 10.6 Å². The van der Waals surface area contributed by atoms with Crippen LogP contribution in [0.4, 0.5) is 0 Å². The maximum atomic E-state index is 2.89. The normalized spacial score (nSPS) is 19.4. The van der Waals surface area contributed by atoms with E-state index in [-0.39, 0.29) is 0 Å². The minimum atomic E-state index is -0.598. The van der Waals surface area contributed by atoms with Crippen LogP contribution in [0.5, 0.6) is 0 Å². The van der Waals surface area contributed by atoms with Gasteiger partial charge in [0, 0.05) is 0 Å². The minimum Gasteiger partial charge on any atom is -0.539 e. The van der Waals surface area contributed by atoms with Crippen molar-refractivity contribution in [3.8, 4) is 0 Å². The van der Waals surface area contributed by atoms with Gasteiger partial charge in [0.2, 0.25) is 0 Å². The molecule has 0 saturated carbocycles. The Hall–Kier alpha value is 0.492. The molecule has 0 N–H and O–H groups in total. The summed E-state index contributed by atoms with van der Waals surface area (Å²) in [6, 6.07) is 0. The van der Waals surface area contributed by atoms with Crippen molar-refractivity contribution in [3.63, 3.8) is 0 Å². The summed E-state index contributed by atoms with van der Waals surface area (Å²) in [6.45, 7) is 12.4. The molecule has 1 nitrogen and oxygen atoms in total. The summed E-state index contributed by atoms with van der Waals surface area (Å²) in [4.78, 5) is 0. The molecule has 0 unspecified atom stereocenters. The van der Waals surface area contributed by atoms with E-state index in [1.54, 1.807) is 0 Å². The standard InChI is InChI=1S/C5H10N.2C4H9.Al/c1-2-4-6-5-3-1;2*1-4(2)3;/h1-5H2;2*4H,1H2,2-3H3;/q-1;;;. The number of piperidine rings is 1. The summed E-state index contributed by atoms with van der Waals surface area (Å²) in [6.07, 6.45) is 4.39. The van der Waals surface area contributed by atoms with Gasteiger partial charge in [0.25, 0.3) is 0 Å². The van der Waals surface area contributed by atoms with Crippen molar-refractivity contribution in [2.24, 2.45) is 11.8 Å². The number of rotatable bonds is 5. The SMILES string of the molecule is CC(C)[CH2][Al-]([CH2]C(C)C)[N]1CCCCC1. The molecule has 15 heavy (non-hydrogen) atoms. The fourth-order valence-corrected chi connectivity index (χ4v) is 6.83. The van der Waals surface area contributed by atoms with Crippen molar-refractivity contribution in [1.29, 1.82) is 0 Å². The van der Waals surface area contributed by atoms with Crippen molar-refractivity contribution in [2.75, 3.05) is 13.1 Å². The molecule has 0 aromatic carbocycles. The summed E-state index contributed by atoms with van der Waals surface area (Å²) < 4.78 is 2.89. The van der Waals surface area contributed by atoms with Gasteiger partial charge in [0.1, 0.15) is 0 Å². The predicted molar refractivity (Wildman–Crippen MR) is 70.5 cm³/mol. The predicted octanol–water partition coefficient (Wildman–Crippen LogP) is 3.78. The summed E-state index contributed by atoms with van der Waals surface area (Å²) >= 11 is -0.598. The summed E-state index contributed by atoms with van der Waals surface area (Å²) in [5.74, 6) is 1.81. The molecular formula is C13H28AlN-. The van der Waals surface area contributed by atoms with E-state index >= 15 is 0 Å². The minimum absolute atomic E-state index is 0.598. The Morgan fingerprint density at radius 2 is 1.33 bits per heavy atom. The number of hydrogen-bond acceptors (Lipinski definition) is 1. The maximum absolute atomic E-state index is 2.89. The van der Waals surface area contributed by atoms with E-state index in [2.05, 4.69) is 31.6 Å². The Kier molecular flexibility index (Phi) is 6.28. The van der Waals surface area contributed by atoms with Crippen molar-refractivity contribution in [3.05, 3.63) is 0 Å². The van der Waals surface area contributed by atoms with Crippen LogP contribution in [-0.4, -0.2) is 31.3 Å². The number of hydrogen-bond donors (Lipinski definition) is 0. The molecule has 1 aliphatic heterocycles. The van der Waals surface area contributed by atoms with Crippen molar-refractivity contribution in [1.82, 2.24) is 3.88 Å². The molecule has 1 heterocycles. The lowest BCUT2D eigenvalue weighted by Gasteiger charge is -2.45. The van der Waals surface area contributed by atoms with Crippen LogP contribution in [0, 0.1) is 11.8 Å². The monoisotopic (exact) mass is 225 g/mol. The second kappa shape index (κ2) is 6.94. The van der Waals surface area contributed by atoms with Gasteiger partial charge in [0.15, 0.2) is 0 Å². The fourth-order valence-electron chi connectivity index (χ4n) is 2.77. The molecule has 0 aliphatic carbocycles. The molecule has 89 valence electrons. The Morgan fingerprint density at radius 3 is 1.73 bits per heavy atom. The largest absolute Gasteiger partial charge is 0.539 e. The fraction of sp³-hybridized carbons (Fsp3) is 1.00. The van der Waals surface area contributed by atoms with Crippen molar-refractivity contribution in [2.45, 2.75) is 57.5 Å². The summed E-state index contributed by atoms with van der Waals surface area (Å²) in [7, 11) is 0. The lowest BCUT2D eigenvalue weighted by Crippen LogP contribution is -2.44. The van der Waals surface area contributed by atoms with E-state index in [1.165, 1.54) is 42.9 Å². The third-order valence-electron chi connectivity index (χ3n) is 3.39. The highest BCUT2D eigenvalue weighted by Crippen LogP contribution is 2.21. The average Bonchev–Trinajstić information content (AvgIpc) is 2.17. The Bertz CT molecular complexity index is 152. The molecule has 2 heteroatoms. The Morgan fingerprint density at radius 1 is 0.867 bits per heavy atom. The van der Waals surface area contributed by atoms with Gasteiger partial charge >= 0.3 is 0 Å². The van der Waals surface area contributed by atoms with Gasteiger partial charge in [-0.15, -0.1) is 0 Å². The first-order valence-electron chi connectivity index (χ1n) is 6.83. The van der Waals surface area contributed by atoms with Gasteiger partial charge < -0.3 is 3.88 Å². The van der Waals surface area contributed by atoms with E-state index < -0.39 is 14.4 Å². The highest BCUT2D eigenvalue weighted by molar-refractivity contribution is 6.55. The highest BCUT2D eigenvalue weighted by atomic mass is 27.2. The first-order valence-corrected chi connectivity index (χ1v) is 8.98. The van der Waals surface area contributed by atoms with E-state index in [0.717, 1.165) is 11.8 Å². The molecule has 0 amide bonds. The van der Waals surface area contributed by atoms with Crippen LogP contribution >= 0.6 is 0 Å². The van der Waals surface area contributed by atoms with Gasteiger partial charge in [-0.2, -0.15) is 0 Å².